The predicted octanol–water partition coefficient (Wildman–Crippen LogP) is 6.69. The number of amides is 2. The van der Waals surface area contributed by atoms with E-state index in [0.29, 0.717) is 34.8 Å². The monoisotopic (exact) mass is 712 g/mol. The molecule has 0 radical (unpaired) electrons. The van der Waals surface area contributed by atoms with Crippen molar-refractivity contribution in [2.24, 2.45) is 5.92 Å². The van der Waals surface area contributed by atoms with Crippen LogP contribution in [0.25, 0.3) is 5.65 Å². The molecule has 2 aliphatic rings. The third-order valence-corrected chi connectivity index (χ3v) is 7.64. The second-order valence-corrected chi connectivity index (χ2v) is 11.2. The molecule has 3 aromatic heterocycles. The van der Waals surface area contributed by atoms with Gasteiger partial charge in [-0.3, -0.25) is 14.3 Å². The fraction of sp³-hybridized carbons (Fsp3) is 0.645. The Morgan fingerprint density at radius 3 is 2.33 bits per heavy atom. The Balaban J connectivity index is 0.000000542. The van der Waals surface area contributed by atoms with Gasteiger partial charge in [-0.15, -0.1) is 0 Å². The molecule has 2 fully saturated rings. The summed E-state index contributed by atoms with van der Waals surface area (Å²) in [6.07, 6.45) is 1.63. The zero-order valence-corrected chi connectivity index (χ0v) is 27.9. The number of carbonyl (C=O) groups excluding carboxylic acids is 2. The number of carbonyl (C=O) groups is 2. The number of fused-ring (bicyclic) bond motifs is 1. The van der Waals surface area contributed by atoms with E-state index in [4.69, 9.17) is 0 Å². The molecule has 3 aromatic rings. The number of hydrogen-bond donors (Lipinski definition) is 3. The first kappa shape index (κ1) is 41.3. The molecule has 18 heteroatoms. The highest BCUT2D eigenvalue weighted by Crippen LogP contribution is 2.41. The van der Waals surface area contributed by atoms with E-state index in [0.717, 1.165) is 25.8 Å². The van der Waals surface area contributed by atoms with E-state index >= 15 is 0 Å². The van der Waals surface area contributed by atoms with Crippen molar-refractivity contribution in [2.75, 3.05) is 13.1 Å². The zero-order chi connectivity index (χ0) is 36.8. The summed E-state index contributed by atoms with van der Waals surface area (Å²) in [5.41, 5.74) is 2.26. The molecule has 1 atom stereocenters. The van der Waals surface area contributed by atoms with Gasteiger partial charge in [0, 0.05) is 45.1 Å². The summed E-state index contributed by atoms with van der Waals surface area (Å²) in [6, 6.07) is 2.57. The van der Waals surface area contributed by atoms with Crippen LogP contribution in [0.4, 0.5) is 35.1 Å². The van der Waals surface area contributed by atoms with Crippen molar-refractivity contribution in [1.29, 1.82) is 0 Å². The van der Waals surface area contributed by atoms with Crippen LogP contribution in [0.15, 0.2) is 24.5 Å². The number of hydrogen-bond acceptors (Lipinski definition) is 6. The van der Waals surface area contributed by atoms with E-state index in [9.17, 15) is 44.7 Å². The van der Waals surface area contributed by atoms with E-state index in [1.54, 1.807) is 25.3 Å². The number of aromatic nitrogens is 5. The fourth-order valence-electron chi connectivity index (χ4n) is 5.28. The Bertz CT molecular complexity index is 1440. The molecule has 0 spiro atoms. The van der Waals surface area contributed by atoms with Gasteiger partial charge in [0.2, 0.25) is 11.8 Å². The Morgan fingerprint density at radius 2 is 1.80 bits per heavy atom. The largest absolute Gasteiger partial charge is 0.401 e. The lowest BCUT2D eigenvalue weighted by atomic mass is 9.81. The molecule has 2 amide bonds. The molecule has 1 saturated heterocycles. The lowest BCUT2D eigenvalue weighted by molar-refractivity contribution is -0.125. The average Bonchev–Trinajstić information content (AvgIpc) is 3.68. The van der Waals surface area contributed by atoms with Gasteiger partial charge in [-0.05, 0) is 63.1 Å². The summed E-state index contributed by atoms with van der Waals surface area (Å²) >= 11 is 0. The van der Waals surface area contributed by atoms with Gasteiger partial charge in [-0.2, -0.15) is 36.5 Å². The Morgan fingerprint density at radius 1 is 1.14 bits per heavy atom. The maximum absolute atomic E-state index is 13.9. The topological polar surface area (TPSA) is 118 Å². The van der Waals surface area contributed by atoms with Crippen molar-refractivity contribution in [1.82, 2.24) is 40.3 Å². The maximum Gasteiger partial charge on any atom is 0.401 e. The second kappa shape index (κ2) is 19.4. The van der Waals surface area contributed by atoms with Crippen LogP contribution in [0.5, 0.6) is 0 Å². The lowest BCUT2D eigenvalue weighted by Crippen LogP contribution is -2.38. The molecular formula is C31H44F8N8O2. The van der Waals surface area contributed by atoms with Crippen LogP contribution in [-0.4, -0.2) is 68.1 Å². The molecule has 0 aromatic carbocycles. The summed E-state index contributed by atoms with van der Waals surface area (Å²) in [5, 5.41) is 16.6. The minimum Gasteiger partial charge on any atom is -0.356 e. The number of nitrogens with one attached hydrogen (secondary N) is 3. The van der Waals surface area contributed by atoms with Crippen molar-refractivity contribution in [3.05, 3.63) is 47.2 Å². The minimum absolute atomic E-state index is 0.0457. The van der Waals surface area contributed by atoms with E-state index in [1.807, 2.05) is 20.8 Å². The van der Waals surface area contributed by atoms with Gasteiger partial charge in [0.25, 0.3) is 5.91 Å². The molecule has 276 valence electrons. The number of alkyl halides is 8. The number of aryl methyl sites for hydroxylation is 2. The summed E-state index contributed by atoms with van der Waals surface area (Å²) in [7, 11) is 0. The molecule has 1 aliphatic heterocycles. The summed E-state index contributed by atoms with van der Waals surface area (Å²) < 4.78 is 97.2. The van der Waals surface area contributed by atoms with Crippen molar-refractivity contribution >= 4 is 17.5 Å². The highest BCUT2D eigenvalue weighted by molar-refractivity contribution is 5.92. The molecule has 5 rings (SSSR count). The smallest absolute Gasteiger partial charge is 0.356 e. The van der Waals surface area contributed by atoms with Gasteiger partial charge in [-0.25, -0.2) is 18.3 Å². The number of piperidine rings is 1. The van der Waals surface area contributed by atoms with Gasteiger partial charge in [0.15, 0.2) is 5.65 Å². The Hall–Kier alpha value is -3.83. The molecule has 10 nitrogen and oxygen atoms in total. The highest BCUT2D eigenvalue weighted by atomic mass is 19.4. The minimum atomic E-state index is -4.33. The predicted molar refractivity (Wildman–Crippen MR) is 166 cm³/mol. The first-order valence-corrected chi connectivity index (χ1v) is 16.1. The second-order valence-electron chi connectivity index (χ2n) is 11.2. The standard InChI is InChI=1S/C23H28F5N7O.C5H9NO.C2H6.CHF3/c1-3-34-18(6-9-30-34)21(36)32-20(15-4-7-22(24,25)8-5-15)17-12-35-19(31-17)10-16(14(2)33-35)11-29-13-23(26,27)28;7-5-3-1-2-4-6-5;1-2;2-1(3)4/h6,9-10,12,15,20,29H,3-5,7-8,11,13H2,1-2H3,(H,32,36);1-4H2,(H,6,7);1-2H3;1H. The van der Waals surface area contributed by atoms with Crippen LogP contribution >= 0.6 is 0 Å². The Kier molecular flexibility index (Phi) is 16.4. The summed E-state index contributed by atoms with van der Waals surface area (Å²) in [4.78, 5) is 28.0. The molecular weight excluding hydrogens is 668 g/mol. The SMILES string of the molecule is CC.CCn1nccc1C(=O)NC(c1cn2nc(C)c(CNCC(F)(F)F)cc2n1)C1CCC(F)(F)CC1.FC(F)F.O=C1CCCCN1. The zero-order valence-electron chi connectivity index (χ0n) is 27.9. The normalized spacial score (nSPS) is 16.7. The van der Waals surface area contributed by atoms with Crippen LogP contribution in [0.1, 0.15) is 99.2 Å². The van der Waals surface area contributed by atoms with E-state index < -0.39 is 37.3 Å². The summed E-state index contributed by atoms with van der Waals surface area (Å²) in [5.74, 6) is -3.19. The molecule has 4 heterocycles. The van der Waals surface area contributed by atoms with Gasteiger partial charge < -0.3 is 16.0 Å². The highest BCUT2D eigenvalue weighted by Gasteiger charge is 2.39. The summed E-state index contributed by atoms with van der Waals surface area (Å²) in [6.45, 7) is 4.06. The number of imidazole rings is 1. The number of rotatable bonds is 8. The van der Waals surface area contributed by atoms with Crippen LogP contribution in [0.2, 0.25) is 0 Å². The molecule has 1 saturated carbocycles. The van der Waals surface area contributed by atoms with Crippen LogP contribution in [-0.2, 0) is 17.9 Å². The third kappa shape index (κ3) is 13.9. The van der Waals surface area contributed by atoms with Crippen molar-refractivity contribution in [3.8, 4) is 0 Å². The van der Waals surface area contributed by atoms with E-state index in [2.05, 4.69) is 31.1 Å². The first-order valence-electron chi connectivity index (χ1n) is 16.1. The molecule has 1 unspecified atom stereocenters. The Labute approximate surface area is 279 Å². The molecule has 3 N–H and O–H groups in total. The van der Waals surface area contributed by atoms with Crippen molar-refractivity contribution in [3.63, 3.8) is 0 Å². The molecule has 1 aliphatic carbocycles. The van der Waals surface area contributed by atoms with Crippen molar-refractivity contribution < 1.29 is 44.7 Å². The average molecular weight is 713 g/mol. The maximum atomic E-state index is 13.9. The van der Waals surface area contributed by atoms with Crippen LogP contribution in [0, 0.1) is 12.8 Å². The quantitative estimate of drug-likeness (QED) is 0.224. The lowest BCUT2D eigenvalue weighted by Gasteiger charge is -2.33. The van der Waals surface area contributed by atoms with E-state index in [-0.39, 0.29) is 44.1 Å². The van der Waals surface area contributed by atoms with E-state index in [1.165, 1.54) is 15.4 Å². The van der Waals surface area contributed by atoms with Gasteiger partial charge in [-0.1, -0.05) is 13.8 Å². The van der Waals surface area contributed by atoms with Crippen molar-refractivity contribution in [2.45, 2.75) is 111 Å². The van der Waals surface area contributed by atoms with Gasteiger partial charge in [0.1, 0.15) is 5.69 Å². The van der Waals surface area contributed by atoms with Crippen LogP contribution in [0.3, 0.4) is 0 Å². The number of halogens is 8. The number of nitrogens with zero attached hydrogens (tertiary/aromatic N) is 5. The van der Waals surface area contributed by atoms with Crippen LogP contribution < -0.4 is 16.0 Å². The molecule has 49 heavy (non-hydrogen) atoms. The third-order valence-electron chi connectivity index (χ3n) is 7.64. The van der Waals surface area contributed by atoms with Gasteiger partial charge >= 0.3 is 12.9 Å². The first-order chi connectivity index (χ1) is 23.1. The van der Waals surface area contributed by atoms with Gasteiger partial charge in [0.05, 0.1) is 30.2 Å². The fourth-order valence-corrected chi connectivity index (χ4v) is 5.28. The molecule has 0 bridgehead atoms.